The van der Waals surface area contributed by atoms with Crippen LogP contribution in [0.5, 0.6) is 0 Å². The average Bonchev–Trinajstić information content (AvgIpc) is 3.39. The Bertz CT molecular complexity index is 1670. The molecule has 77 heavy (non-hydrogen) atoms. The van der Waals surface area contributed by atoms with Gasteiger partial charge in [-0.15, -0.1) is 0 Å². The maximum Gasteiger partial charge on any atom is 0.472 e. The van der Waals surface area contributed by atoms with Crippen molar-refractivity contribution < 1.29 is 42.1 Å². The van der Waals surface area contributed by atoms with E-state index in [1.807, 2.05) is 21.1 Å². The number of ether oxygens (including phenoxy) is 2. The number of esters is 2. The molecule has 0 aromatic heterocycles. The van der Waals surface area contributed by atoms with Gasteiger partial charge in [-0.2, -0.15) is 0 Å². The quantitative estimate of drug-likeness (QED) is 0.0211. The van der Waals surface area contributed by atoms with Crippen molar-refractivity contribution in [2.24, 2.45) is 0 Å². The summed E-state index contributed by atoms with van der Waals surface area (Å²) in [6.45, 7) is 4.29. The van der Waals surface area contributed by atoms with Crippen LogP contribution in [0.2, 0.25) is 0 Å². The summed E-state index contributed by atoms with van der Waals surface area (Å²) < 4.78 is 34.6. The minimum atomic E-state index is -4.39. The lowest BCUT2D eigenvalue weighted by molar-refractivity contribution is -0.870. The third kappa shape index (κ3) is 61.7. The second-order valence-electron chi connectivity index (χ2n) is 21.7. The van der Waals surface area contributed by atoms with Crippen LogP contribution in [0.1, 0.15) is 251 Å². The number of quaternary nitrogens is 1. The first kappa shape index (κ1) is 73.7. The molecule has 0 rings (SSSR count). The highest BCUT2D eigenvalue weighted by molar-refractivity contribution is 7.47. The number of nitrogens with zero attached hydrogens (tertiary/aromatic N) is 1. The smallest absolute Gasteiger partial charge is 0.462 e. The molecule has 0 saturated heterocycles. The summed E-state index contributed by atoms with van der Waals surface area (Å²) in [4.78, 5) is 35.7. The summed E-state index contributed by atoms with van der Waals surface area (Å²) in [5, 5.41) is 0. The molecule has 1 N–H and O–H groups in total. The van der Waals surface area contributed by atoms with Gasteiger partial charge in [0, 0.05) is 12.8 Å². The Morgan fingerprint density at radius 2 is 0.740 bits per heavy atom. The van der Waals surface area contributed by atoms with Crippen molar-refractivity contribution in [3.63, 3.8) is 0 Å². The van der Waals surface area contributed by atoms with Crippen molar-refractivity contribution in [3.8, 4) is 0 Å². The highest BCUT2D eigenvalue weighted by atomic mass is 31.2. The van der Waals surface area contributed by atoms with Crippen LogP contribution in [0.15, 0.2) is 109 Å². The second-order valence-corrected chi connectivity index (χ2v) is 23.2. The highest BCUT2D eigenvalue weighted by Gasteiger charge is 2.27. The van der Waals surface area contributed by atoms with Crippen molar-refractivity contribution in [2.45, 2.75) is 258 Å². The summed E-state index contributed by atoms with van der Waals surface area (Å²) in [5.74, 6) is -0.814. The SMILES string of the molecule is CC/C=C\C/C=C\C/C=C\C/C=C\C/C=C\C/C=C\C/C=C\CCCCCCCCCCCCCCCCCC(=O)OC(COC(=O)CCCCCCC/C=C\C/C=C\CCCCCC)COP(=O)(O)OCC[N+](C)(C)C. The van der Waals surface area contributed by atoms with Crippen molar-refractivity contribution in [1.82, 2.24) is 0 Å². The first-order valence-corrected chi connectivity index (χ1v) is 32.6. The number of carbonyl (C=O) groups is 2. The maximum atomic E-state index is 12.8. The second kappa shape index (κ2) is 57.4. The van der Waals surface area contributed by atoms with Gasteiger partial charge in [0.1, 0.15) is 19.8 Å². The fraction of sp³-hybridized carbons (Fsp3) is 0.701. The molecule has 0 spiro atoms. The number of carbonyl (C=O) groups excluding carboxylic acids is 2. The molecule has 2 unspecified atom stereocenters. The molecule has 9 nitrogen and oxygen atoms in total. The van der Waals surface area contributed by atoms with E-state index in [9.17, 15) is 19.0 Å². The van der Waals surface area contributed by atoms with Gasteiger partial charge < -0.3 is 18.9 Å². The summed E-state index contributed by atoms with van der Waals surface area (Å²) >= 11 is 0. The molecule has 0 saturated carbocycles. The largest absolute Gasteiger partial charge is 0.472 e. The zero-order valence-electron chi connectivity index (χ0n) is 50.2. The van der Waals surface area contributed by atoms with Gasteiger partial charge in [0.2, 0.25) is 0 Å². The molecule has 0 radical (unpaired) electrons. The lowest BCUT2D eigenvalue weighted by atomic mass is 10.0. The topological polar surface area (TPSA) is 108 Å². The molecule has 0 fully saturated rings. The zero-order valence-corrected chi connectivity index (χ0v) is 51.1. The van der Waals surface area contributed by atoms with Gasteiger partial charge in [-0.1, -0.05) is 245 Å². The minimum Gasteiger partial charge on any atom is -0.462 e. The fourth-order valence-electron chi connectivity index (χ4n) is 8.26. The summed E-state index contributed by atoms with van der Waals surface area (Å²) in [5.41, 5.74) is 0. The Morgan fingerprint density at radius 3 is 1.10 bits per heavy atom. The van der Waals surface area contributed by atoms with Crippen LogP contribution in [0.25, 0.3) is 0 Å². The molecule has 0 aliphatic heterocycles. The maximum absolute atomic E-state index is 12.8. The third-order valence-corrected chi connectivity index (χ3v) is 14.0. The molecule has 0 aliphatic rings. The van der Waals surface area contributed by atoms with Crippen LogP contribution in [-0.4, -0.2) is 74.9 Å². The van der Waals surface area contributed by atoms with E-state index in [0.29, 0.717) is 17.4 Å². The van der Waals surface area contributed by atoms with Crippen molar-refractivity contribution in [2.75, 3.05) is 47.5 Å². The Hall–Kier alpha value is -3.33. The highest BCUT2D eigenvalue weighted by Crippen LogP contribution is 2.43. The lowest BCUT2D eigenvalue weighted by Gasteiger charge is -2.24. The van der Waals surface area contributed by atoms with E-state index in [1.54, 1.807) is 0 Å². The fourth-order valence-corrected chi connectivity index (χ4v) is 9.00. The first-order chi connectivity index (χ1) is 37.5. The standard InChI is InChI=1S/C67H116NO8P/c1-6-8-10-12-14-16-18-20-22-24-25-26-27-28-29-30-31-32-33-34-35-36-37-38-39-40-41-42-43-44-46-48-50-52-54-56-58-60-67(70)76-65(64-75-77(71,72)74-62-61-68(3,4)5)63-73-66(69)59-57-55-53-51-49-47-45-23-21-19-17-15-13-11-9-7-2/h8,10,14,16-17,19-20,22-23,25-26,28-29,31-32,34-35,45,65H,6-7,9,11-13,15,18,21,24,27,30,33,36-44,46-64H2,1-5H3/p+1/b10-8-,16-14-,19-17-,22-20-,26-25-,29-28-,32-31-,35-34-,45-23-. The number of allylic oxidation sites excluding steroid dienone is 18. The minimum absolute atomic E-state index is 0.0258. The number of rotatable bonds is 56. The zero-order chi connectivity index (χ0) is 56.3. The van der Waals surface area contributed by atoms with E-state index in [4.69, 9.17) is 18.5 Å². The molecular weight excluding hydrogens is 978 g/mol. The van der Waals surface area contributed by atoms with Crippen molar-refractivity contribution in [1.29, 1.82) is 0 Å². The summed E-state index contributed by atoms with van der Waals surface area (Å²) in [7, 11) is 1.46. The molecule has 0 aromatic carbocycles. The van der Waals surface area contributed by atoms with Crippen LogP contribution >= 0.6 is 7.82 Å². The molecule has 10 heteroatoms. The van der Waals surface area contributed by atoms with E-state index in [1.165, 1.54) is 109 Å². The van der Waals surface area contributed by atoms with Crippen LogP contribution in [0.3, 0.4) is 0 Å². The molecule has 0 aliphatic carbocycles. The van der Waals surface area contributed by atoms with Crippen LogP contribution in [0.4, 0.5) is 0 Å². The van der Waals surface area contributed by atoms with Gasteiger partial charge in [-0.3, -0.25) is 18.6 Å². The number of phosphoric ester groups is 1. The molecule has 0 aromatic rings. The monoisotopic (exact) mass is 1090 g/mol. The number of hydrogen-bond donors (Lipinski definition) is 1. The van der Waals surface area contributed by atoms with E-state index < -0.39 is 26.5 Å². The van der Waals surface area contributed by atoms with Gasteiger partial charge in [-0.05, 0) is 103 Å². The molecule has 442 valence electrons. The van der Waals surface area contributed by atoms with Gasteiger partial charge >= 0.3 is 19.8 Å². The van der Waals surface area contributed by atoms with Gasteiger partial charge in [0.05, 0.1) is 27.7 Å². The average molecular weight is 1100 g/mol. The molecule has 0 bridgehead atoms. The van der Waals surface area contributed by atoms with E-state index in [0.717, 1.165) is 109 Å². The van der Waals surface area contributed by atoms with Crippen molar-refractivity contribution in [3.05, 3.63) is 109 Å². The van der Waals surface area contributed by atoms with Crippen molar-refractivity contribution >= 4 is 19.8 Å². The third-order valence-electron chi connectivity index (χ3n) is 13.0. The lowest BCUT2D eigenvalue weighted by Crippen LogP contribution is -2.37. The van der Waals surface area contributed by atoms with E-state index in [-0.39, 0.29) is 32.0 Å². The molecule has 2 atom stereocenters. The summed E-state index contributed by atoms with van der Waals surface area (Å²) in [6.07, 6.45) is 80.3. The number of unbranched alkanes of at least 4 members (excludes halogenated alkanes) is 24. The van der Waals surface area contributed by atoms with E-state index in [2.05, 4.69) is 123 Å². The molecule has 0 amide bonds. The Balaban J connectivity index is 4.06. The predicted octanol–water partition coefficient (Wildman–Crippen LogP) is 19.8. The number of hydrogen-bond acceptors (Lipinski definition) is 7. The Morgan fingerprint density at radius 1 is 0.416 bits per heavy atom. The van der Waals surface area contributed by atoms with Crippen LogP contribution < -0.4 is 0 Å². The summed E-state index contributed by atoms with van der Waals surface area (Å²) in [6, 6.07) is 0. The van der Waals surface area contributed by atoms with Gasteiger partial charge in [0.15, 0.2) is 6.10 Å². The molecule has 0 heterocycles. The predicted molar refractivity (Wildman–Crippen MR) is 330 cm³/mol. The normalized spacial score (nSPS) is 14.0. The van der Waals surface area contributed by atoms with Crippen LogP contribution in [-0.2, 0) is 32.7 Å². The van der Waals surface area contributed by atoms with Gasteiger partial charge in [-0.25, -0.2) is 4.57 Å². The first-order valence-electron chi connectivity index (χ1n) is 31.1. The molecular formula is C67H117NO8P+. The van der Waals surface area contributed by atoms with Gasteiger partial charge in [0.25, 0.3) is 0 Å². The number of likely N-dealkylation sites (N-methyl/N-ethyl adjacent to an activating group) is 1. The number of phosphoric acid groups is 1. The van der Waals surface area contributed by atoms with Crippen LogP contribution in [0, 0.1) is 0 Å². The Kier molecular flexibility index (Phi) is 54.9. The van der Waals surface area contributed by atoms with E-state index >= 15 is 0 Å². The Labute approximate surface area is 474 Å².